The molecular formula is C14H23NSi2. The maximum atomic E-state index is 5.25. The average molecular weight is 262 g/mol. The molecule has 0 aromatic rings. The van der Waals surface area contributed by atoms with Crippen LogP contribution < -0.4 is 5.32 Å². The smallest absolute Gasteiger partial charge is 0.130 e. The zero-order valence-electron chi connectivity index (χ0n) is 11.9. The van der Waals surface area contributed by atoms with Gasteiger partial charge >= 0.3 is 0 Å². The van der Waals surface area contributed by atoms with Gasteiger partial charge in [-0.1, -0.05) is 57.0 Å². The second kappa shape index (κ2) is 6.72. The topological polar surface area (TPSA) is 12.0 Å². The lowest BCUT2D eigenvalue weighted by atomic mass is 10.3. The molecule has 0 saturated carbocycles. The third-order valence-corrected chi connectivity index (χ3v) is 3.38. The summed E-state index contributed by atoms with van der Waals surface area (Å²) in [6.07, 6.45) is 5.25. The fourth-order valence-electron chi connectivity index (χ4n) is 0.876. The Morgan fingerprint density at radius 1 is 0.941 bits per heavy atom. The van der Waals surface area contributed by atoms with Gasteiger partial charge in [-0.15, -0.1) is 17.5 Å². The zero-order chi connectivity index (χ0) is 13.5. The number of terminal acetylenes is 1. The molecule has 0 aromatic carbocycles. The summed E-state index contributed by atoms with van der Waals surface area (Å²) >= 11 is 0. The van der Waals surface area contributed by atoms with Crippen LogP contribution in [0, 0.1) is 35.3 Å². The Labute approximate surface area is 109 Å². The average Bonchev–Trinajstić information content (AvgIpc) is 2.13. The highest BCUT2D eigenvalue weighted by molar-refractivity contribution is 6.84. The molecular weight excluding hydrogens is 238 g/mol. The van der Waals surface area contributed by atoms with Crippen molar-refractivity contribution in [2.45, 2.75) is 45.3 Å². The molecule has 0 aliphatic heterocycles. The van der Waals surface area contributed by atoms with Gasteiger partial charge in [0.1, 0.15) is 22.2 Å². The summed E-state index contributed by atoms with van der Waals surface area (Å²) in [7, 11) is -2.69. The summed E-state index contributed by atoms with van der Waals surface area (Å²) in [4.78, 5) is 0. The second-order valence-corrected chi connectivity index (χ2v) is 15.6. The normalized spacial score (nSPS) is 10.9. The maximum absolute atomic E-state index is 5.25. The van der Waals surface area contributed by atoms with Crippen LogP contribution in [0.25, 0.3) is 0 Å². The van der Waals surface area contributed by atoms with Gasteiger partial charge in [0, 0.05) is 0 Å². The van der Waals surface area contributed by atoms with E-state index in [9.17, 15) is 0 Å². The van der Waals surface area contributed by atoms with Crippen molar-refractivity contribution in [1.29, 1.82) is 0 Å². The molecule has 92 valence electrons. The van der Waals surface area contributed by atoms with Crippen LogP contribution in [0.15, 0.2) is 0 Å². The minimum absolute atomic E-state index is 0.0792. The molecule has 0 radical (unpaired) electrons. The van der Waals surface area contributed by atoms with Crippen LogP contribution in [0.3, 0.4) is 0 Å². The third kappa shape index (κ3) is 11.3. The molecule has 17 heavy (non-hydrogen) atoms. The summed E-state index contributed by atoms with van der Waals surface area (Å²) < 4.78 is 0. The fraction of sp³-hybridized carbons (Fsp3) is 0.571. The van der Waals surface area contributed by atoms with Crippen molar-refractivity contribution >= 4 is 16.1 Å². The monoisotopic (exact) mass is 261 g/mol. The van der Waals surface area contributed by atoms with Crippen LogP contribution in [-0.2, 0) is 0 Å². The lowest BCUT2D eigenvalue weighted by Gasteiger charge is -2.09. The SMILES string of the molecule is C#CCNC(C#C[Si](C)(C)C)C#C[Si](C)(C)C. The number of rotatable bonds is 2. The predicted octanol–water partition coefficient (Wildman–Crippen LogP) is 2.34. The lowest BCUT2D eigenvalue weighted by Crippen LogP contribution is -2.29. The molecule has 0 heterocycles. The molecule has 0 aliphatic carbocycles. The van der Waals surface area contributed by atoms with Gasteiger partial charge in [-0.3, -0.25) is 5.32 Å². The van der Waals surface area contributed by atoms with Crippen LogP contribution in [-0.4, -0.2) is 28.7 Å². The van der Waals surface area contributed by atoms with E-state index in [1.165, 1.54) is 0 Å². The molecule has 0 saturated heterocycles. The molecule has 0 amide bonds. The first-order valence-corrected chi connectivity index (χ1v) is 12.9. The van der Waals surface area contributed by atoms with Crippen molar-refractivity contribution in [2.24, 2.45) is 0 Å². The highest BCUT2D eigenvalue weighted by Crippen LogP contribution is 1.98. The summed E-state index contributed by atoms with van der Waals surface area (Å²) in [6.45, 7) is 13.9. The number of hydrogen-bond donors (Lipinski definition) is 1. The first-order valence-electron chi connectivity index (χ1n) is 5.86. The van der Waals surface area contributed by atoms with E-state index < -0.39 is 16.1 Å². The largest absolute Gasteiger partial charge is 0.283 e. The standard InChI is InChI=1S/C14H23NSi2/c1-8-11-15-14(9-12-16(2,3)4)10-13-17(5,6)7/h1,14-15H,11H2,2-7H3. The van der Waals surface area contributed by atoms with Crippen molar-refractivity contribution in [2.75, 3.05) is 6.54 Å². The van der Waals surface area contributed by atoms with Crippen LogP contribution >= 0.6 is 0 Å². The van der Waals surface area contributed by atoms with Gasteiger partial charge in [-0.2, -0.15) is 0 Å². The Bertz CT molecular complexity index is 364. The predicted molar refractivity (Wildman–Crippen MR) is 82.9 cm³/mol. The van der Waals surface area contributed by atoms with Gasteiger partial charge in [0.15, 0.2) is 0 Å². The van der Waals surface area contributed by atoms with Crippen molar-refractivity contribution in [3.63, 3.8) is 0 Å². The van der Waals surface area contributed by atoms with Crippen LogP contribution in [0.1, 0.15) is 0 Å². The number of hydrogen-bond acceptors (Lipinski definition) is 1. The Hall–Kier alpha value is -0.926. The zero-order valence-corrected chi connectivity index (χ0v) is 13.9. The van der Waals surface area contributed by atoms with E-state index in [0.29, 0.717) is 6.54 Å². The number of nitrogens with one attached hydrogen (secondary N) is 1. The summed E-state index contributed by atoms with van der Waals surface area (Å²) in [5, 5.41) is 3.18. The lowest BCUT2D eigenvalue weighted by molar-refractivity contribution is 0.782. The van der Waals surface area contributed by atoms with Crippen LogP contribution in [0.2, 0.25) is 39.3 Å². The second-order valence-electron chi connectivity index (χ2n) is 6.06. The first-order chi connectivity index (χ1) is 7.64. The molecule has 0 rings (SSSR count). The van der Waals surface area contributed by atoms with E-state index >= 15 is 0 Å². The molecule has 0 aromatic heterocycles. The Balaban J connectivity index is 4.81. The summed E-state index contributed by atoms with van der Waals surface area (Å²) in [6, 6.07) is -0.0792. The van der Waals surface area contributed by atoms with Gasteiger partial charge < -0.3 is 0 Å². The minimum Gasteiger partial charge on any atom is -0.283 e. The Morgan fingerprint density at radius 3 is 1.65 bits per heavy atom. The minimum atomic E-state index is -1.34. The molecule has 0 bridgehead atoms. The molecule has 0 fully saturated rings. The van der Waals surface area contributed by atoms with E-state index in [-0.39, 0.29) is 6.04 Å². The van der Waals surface area contributed by atoms with Crippen LogP contribution in [0.5, 0.6) is 0 Å². The molecule has 0 atom stereocenters. The van der Waals surface area contributed by atoms with Crippen molar-refractivity contribution in [3.8, 4) is 35.3 Å². The highest BCUT2D eigenvalue weighted by Gasteiger charge is 2.10. The van der Waals surface area contributed by atoms with Crippen molar-refractivity contribution in [3.05, 3.63) is 0 Å². The maximum Gasteiger partial charge on any atom is 0.130 e. The van der Waals surface area contributed by atoms with E-state index in [2.05, 4.69) is 73.4 Å². The van der Waals surface area contributed by atoms with E-state index in [4.69, 9.17) is 6.42 Å². The fourth-order valence-corrected chi connectivity index (χ4v) is 2.03. The van der Waals surface area contributed by atoms with Gasteiger partial charge in [0.2, 0.25) is 0 Å². The third-order valence-electron chi connectivity index (χ3n) is 1.59. The Kier molecular flexibility index (Phi) is 6.36. The molecule has 0 unspecified atom stereocenters. The summed E-state index contributed by atoms with van der Waals surface area (Å²) in [5.41, 5.74) is 6.68. The van der Waals surface area contributed by atoms with Gasteiger partial charge in [-0.25, -0.2) is 0 Å². The molecule has 1 nitrogen and oxygen atoms in total. The van der Waals surface area contributed by atoms with E-state index in [0.717, 1.165) is 0 Å². The van der Waals surface area contributed by atoms with Gasteiger partial charge in [0.25, 0.3) is 0 Å². The van der Waals surface area contributed by atoms with Gasteiger partial charge in [0.05, 0.1) is 6.54 Å². The van der Waals surface area contributed by atoms with Crippen molar-refractivity contribution < 1.29 is 0 Å². The molecule has 0 aliphatic rings. The van der Waals surface area contributed by atoms with E-state index in [1.54, 1.807) is 0 Å². The molecule has 0 spiro atoms. The molecule has 1 N–H and O–H groups in total. The quantitative estimate of drug-likeness (QED) is 0.594. The molecule has 3 heteroatoms. The van der Waals surface area contributed by atoms with Crippen LogP contribution in [0.4, 0.5) is 0 Å². The van der Waals surface area contributed by atoms with E-state index in [1.807, 2.05) is 0 Å². The summed E-state index contributed by atoms with van der Waals surface area (Å²) in [5.74, 6) is 9.01. The first kappa shape index (κ1) is 16.1. The Morgan fingerprint density at radius 2 is 1.35 bits per heavy atom. The van der Waals surface area contributed by atoms with Crippen molar-refractivity contribution in [1.82, 2.24) is 5.32 Å². The van der Waals surface area contributed by atoms with Gasteiger partial charge in [-0.05, 0) is 0 Å². The highest BCUT2D eigenvalue weighted by atomic mass is 28.3.